The van der Waals surface area contributed by atoms with Gasteiger partial charge in [0.1, 0.15) is 5.25 Å². The number of hydrogen-bond donors (Lipinski definition) is 3. The van der Waals surface area contributed by atoms with E-state index in [1.165, 1.54) is 24.0 Å². The van der Waals surface area contributed by atoms with Crippen molar-refractivity contribution in [1.82, 2.24) is 9.97 Å². The molecule has 32 heavy (non-hydrogen) atoms. The van der Waals surface area contributed by atoms with Gasteiger partial charge in [0.2, 0.25) is 0 Å². The highest BCUT2D eigenvalue weighted by Gasteiger charge is 2.23. The maximum atomic E-state index is 12.7. The Hall–Kier alpha value is -2.82. The molecule has 8 nitrogen and oxygen atoms in total. The highest BCUT2D eigenvalue weighted by atomic mass is 32.2. The van der Waals surface area contributed by atoms with Gasteiger partial charge in [-0.25, -0.2) is 14.0 Å². The minimum absolute atomic E-state index is 0.355. The van der Waals surface area contributed by atoms with E-state index in [1.807, 2.05) is 19.1 Å². The Morgan fingerprint density at radius 2 is 1.91 bits per heavy atom. The molecule has 168 valence electrons. The molecule has 3 aromatic rings. The van der Waals surface area contributed by atoms with Gasteiger partial charge in [0.05, 0.1) is 11.4 Å². The van der Waals surface area contributed by atoms with E-state index in [0.717, 1.165) is 42.9 Å². The third-order valence-corrected chi connectivity index (χ3v) is 7.37. The molecule has 0 bridgehead atoms. The minimum atomic E-state index is -2.14. The van der Waals surface area contributed by atoms with E-state index >= 15 is 0 Å². The molecule has 3 N–H and O–H groups in total. The van der Waals surface area contributed by atoms with E-state index < -0.39 is 22.4 Å². The van der Waals surface area contributed by atoms with Crippen LogP contribution in [0.3, 0.4) is 0 Å². The van der Waals surface area contributed by atoms with Gasteiger partial charge in [-0.05, 0) is 61.6 Å². The van der Waals surface area contributed by atoms with Gasteiger partial charge < -0.3 is 14.8 Å². The lowest BCUT2D eigenvalue weighted by Crippen LogP contribution is -2.31. The van der Waals surface area contributed by atoms with Gasteiger partial charge in [-0.15, -0.1) is 0 Å². The third kappa shape index (κ3) is 5.32. The fourth-order valence-corrected chi connectivity index (χ4v) is 5.64. The number of carbonyl (C=O) groups is 1. The summed E-state index contributed by atoms with van der Waals surface area (Å²) < 4.78 is 21.8. The third-order valence-electron chi connectivity index (χ3n) is 5.31. The number of aryl methyl sites for hydroxylation is 1. The van der Waals surface area contributed by atoms with Crippen LogP contribution in [0, 0.1) is 6.92 Å². The van der Waals surface area contributed by atoms with Gasteiger partial charge in [0.15, 0.2) is 16.2 Å². The molecule has 1 saturated heterocycles. The van der Waals surface area contributed by atoms with Crippen LogP contribution in [-0.4, -0.2) is 37.9 Å². The molecular formula is C22H25N5O3S2. The van der Waals surface area contributed by atoms with Gasteiger partial charge in [0.25, 0.3) is 0 Å². The van der Waals surface area contributed by atoms with Crippen LogP contribution >= 0.6 is 11.3 Å². The number of rotatable bonds is 6. The second-order valence-corrected chi connectivity index (χ2v) is 9.74. The Morgan fingerprint density at radius 1 is 1.16 bits per heavy atom. The number of anilines is 3. The first kappa shape index (κ1) is 22.4. The summed E-state index contributed by atoms with van der Waals surface area (Å²) in [6.45, 7) is 3.99. The molecule has 2 amide bonds. The molecule has 1 aliphatic heterocycles. The standard InChI is InChI=1S/C22H25N5O3S2/c1-15-5-6-17(18(13-15)27-11-3-2-4-12-27)25-21(28)26-22-24-14-19(31-22)20(32(29)30)16-7-9-23-10-8-16/h5-10,13-14,20H,2-4,11-12H2,1H3,(H,29,30)(H2,24,25,26,28). The summed E-state index contributed by atoms with van der Waals surface area (Å²) >= 11 is -0.965. The summed E-state index contributed by atoms with van der Waals surface area (Å²) in [7, 11) is 0. The van der Waals surface area contributed by atoms with Gasteiger partial charge in [-0.1, -0.05) is 17.4 Å². The summed E-state index contributed by atoms with van der Waals surface area (Å²) in [4.78, 5) is 23.8. The number of carbonyl (C=O) groups excluding carboxylic acids is 1. The van der Waals surface area contributed by atoms with Crippen molar-refractivity contribution in [2.45, 2.75) is 31.4 Å². The molecule has 2 atom stereocenters. The van der Waals surface area contributed by atoms with Crippen molar-refractivity contribution in [3.8, 4) is 0 Å². The largest absolute Gasteiger partial charge is 0.370 e. The first-order valence-electron chi connectivity index (χ1n) is 10.4. The topological polar surface area (TPSA) is 107 Å². The summed E-state index contributed by atoms with van der Waals surface area (Å²) in [6, 6.07) is 8.97. The maximum Gasteiger partial charge on any atom is 0.325 e. The van der Waals surface area contributed by atoms with Crippen molar-refractivity contribution in [3.05, 3.63) is 64.9 Å². The second-order valence-electron chi connectivity index (χ2n) is 7.65. The van der Waals surface area contributed by atoms with Gasteiger partial charge in [-0.3, -0.25) is 10.3 Å². The number of hydrogen-bond acceptors (Lipinski definition) is 6. The van der Waals surface area contributed by atoms with E-state index in [4.69, 9.17) is 0 Å². The molecule has 2 unspecified atom stereocenters. The molecule has 10 heteroatoms. The Bertz CT molecular complexity index is 1100. The minimum Gasteiger partial charge on any atom is -0.370 e. The zero-order valence-corrected chi connectivity index (χ0v) is 19.3. The maximum absolute atomic E-state index is 12.7. The smallest absolute Gasteiger partial charge is 0.325 e. The molecule has 1 aromatic carbocycles. The lowest BCUT2D eigenvalue weighted by molar-refractivity contribution is 0.262. The number of nitrogens with one attached hydrogen (secondary N) is 2. The number of piperidine rings is 1. The Morgan fingerprint density at radius 3 is 2.62 bits per heavy atom. The molecule has 1 fully saturated rings. The SMILES string of the molecule is Cc1ccc(NC(=O)Nc2ncc(C(c3ccncc3)S(=O)O)s2)c(N2CCCCC2)c1. The number of thiazole rings is 1. The van der Waals surface area contributed by atoms with Crippen molar-refractivity contribution in [1.29, 1.82) is 0 Å². The summed E-state index contributed by atoms with van der Waals surface area (Å²) in [5.41, 5.74) is 3.57. The lowest BCUT2D eigenvalue weighted by Gasteiger charge is -2.30. The van der Waals surface area contributed by atoms with Crippen LogP contribution in [0.5, 0.6) is 0 Å². The molecule has 4 rings (SSSR count). The van der Waals surface area contributed by atoms with Crippen molar-refractivity contribution in [2.24, 2.45) is 0 Å². The molecule has 2 aromatic heterocycles. The normalized spacial score (nSPS) is 15.8. The fourth-order valence-electron chi connectivity index (χ4n) is 3.78. The predicted octanol–water partition coefficient (Wildman–Crippen LogP) is 4.79. The van der Waals surface area contributed by atoms with Crippen LogP contribution < -0.4 is 15.5 Å². The van der Waals surface area contributed by atoms with Gasteiger partial charge in [0, 0.05) is 36.6 Å². The highest BCUT2D eigenvalue weighted by Crippen LogP contribution is 2.33. The van der Waals surface area contributed by atoms with Crippen molar-refractivity contribution >= 4 is 45.0 Å². The molecular weight excluding hydrogens is 446 g/mol. The average molecular weight is 472 g/mol. The lowest BCUT2D eigenvalue weighted by atomic mass is 10.1. The molecule has 3 heterocycles. The first-order chi connectivity index (χ1) is 15.5. The first-order valence-corrected chi connectivity index (χ1v) is 12.4. The zero-order valence-electron chi connectivity index (χ0n) is 17.7. The number of aromatic nitrogens is 2. The van der Waals surface area contributed by atoms with E-state index in [-0.39, 0.29) is 0 Å². The Balaban J connectivity index is 1.48. The zero-order chi connectivity index (χ0) is 22.5. The second kappa shape index (κ2) is 10.2. The Kier molecular flexibility index (Phi) is 7.13. The van der Waals surface area contributed by atoms with E-state index in [9.17, 15) is 13.6 Å². The average Bonchev–Trinajstić information content (AvgIpc) is 3.23. The van der Waals surface area contributed by atoms with Crippen LogP contribution in [0.4, 0.5) is 21.3 Å². The summed E-state index contributed by atoms with van der Waals surface area (Å²) in [5, 5.41) is 5.28. The van der Waals surface area contributed by atoms with Gasteiger partial charge >= 0.3 is 6.03 Å². The molecule has 0 spiro atoms. The summed E-state index contributed by atoms with van der Waals surface area (Å²) in [5.74, 6) is 0. The molecule has 0 saturated carbocycles. The quantitative estimate of drug-likeness (QED) is 0.446. The van der Waals surface area contributed by atoms with Crippen molar-refractivity contribution < 1.29 is 13.6 Å². The van der Waals surface area contributed by atoms with Gasteiger partial charge in [-0.2, -0.15) is 0 Å². The molecule has 0 aliphatic carbocycles. The monoisotopic (exact) mass is 471 g/mol. The highest BCUT2D eigenvalue weighted by molar-refractivity contribution is 7.79. The van der Waals surface area contributed by atoms with Crippen LogP contribution in [-0.2, 0) is 11.1 Å². The number of amides is 2. The molecule has 1 aliphatic rings. The van der Waals surface area contributed by atoms with Crippen LogP contribution in [0.1, 0.15) is 40.5 Å². The molecule has 0 radical (unpaired) electrons. The predicted molar refractivity (Wildman–Crippen MR) is 129 cm³/mol. The van der Waals surface area contributed by atoms with Crippen molar-refractivity contribution in [2.75, 3.05) is 28.6 Å². The number of pyridine rings is 1. The fraction of sp³-hybridized carbons (Fsp3) is 0.318. The van der Waals surface area contributed by atoms with E-state index in [2.05, 4.69) is 31.6 Å². The van der Waals surface area contributed by atoms with Crippen LogP contribution in [0.15, 0.2) is 48.9 Å². The Labute approximate surface area is 193 Å². The number of nitrogens with zero attached hydrogens (tertiary/aromatic N) is 3. The van der Waals surface area contributed by atoms with Crippen LogP contribution in [0.2, 0.25) is 0 Å². The van der Waals surface area contributed by atoms with Crippen molar-refractivity contribution in [3.63, 3.8) is 0 Å². The van der Waals surface area contributed by atoms with E-state index in [0.29, 0.717) is 15.6 Å². The summed E-state index contributed by atoms with van der Waals surface area (Å²) in [6.07, 6.45) is 8.19. The number of urea groups is 1. The number of benzene rings is 1. The van der Waals surface area contributed by atoms with Crippen LogP contribution in [0.25, 0.3) is 0 Å². The van der Waals surface area contributed by atoms with E-state index in [1.54, 1.807) is 24.5 Å².